The smallest absolute Gasteiger partial charge is 0.356 e. The Balaban J connectivity index is -0.0000000432. The van der Waals surface area contributed by atoms with Gasteiger partial charge in [-0.1, -0.05) is 20.8 Å². The quantitative estimate of drug-likeness (QED) is 0.337. The average molecular weight is 290 g/mol. The van der Waals surface area contributed by atoms with Crippen LogP contribution in [-0.2, 0) is 0 Å². The number of hydrogen-bond donors (Lipinski definition) is 0. The van der Waals surface area contributed by atoms with Crippen LogP contribution in [-0.4, -0.2) is 15.3 Å². The molecule has 0 radical (unpaired) electrons. The van der Waals surface area contributed by atoms with Crippen molar-refractivity contribution in [3.05, 3.63) is 55.8 Å². The molecule has 0 aliphatic rings. The van der Waals surface area contributed by atoms with Crippen molar-refractivity contribution in [1.29, 1.82) is 0 Å². The molecule has 0 aliphatic carbocycles. The fourth-order valence-corrected chi connectivity index (χ4v) is 0. The Kier molecular flexibility index (Phi) is 45.9. The highest BCUT2D eigenvalue weighted by molar-refractivity contribution is 4.20. The Labute approximate surface area is 104 Å². The van der Waals surface area contributed by atoms with Crippen LogP contribution < -0.4 is 5.04 Å². The molecular formula is C4H10N4O11-2. The van der Waals surface area contributed by atoms with E-state index in [-0.39, 0.29) is 0 Å². The predicted octanol–water partition coefficient (Wildman–Crippen LogP) is 0.531. The molecule has 19 heavy (non-hydrogen) atoms. The van der Waals surface area contributed by atoms with Crippen LogP contribution in [0.5, 0.6) is 0 Å². The monoisotopic (exact) mass is 290 g/mol. The highest BCUT2D eigenvalue weighted by Crippen LogP contribution is 1.81. The molecule has 0 saturated heterocycles. The van der Waals surface area contributed by atoms with Crippen molar-refractivity contribution in [3.8, 4) is 0 Å². The van der Waals surface area contributed by atoms with Crippen molar-refractivity contribution in [2.24, 2.45) is 5.92 Å². The fraction of sp³-hybridized carbons (Fsp3) is 1.00. The van der Waals surface area contributed by atoms with Crippen molar-refractivity contribution < 1.29 is 15.3 Å². The predicted molar refractivity (Wildman–Crippen MR) is 60.5 cm³/mol. The summed E-state index contributed by atoms with van der Waals surface area (Å²) in [7, 11) is 0. The normalized spacial score (nSPS) is 6.11. The minimum atomic E-state index is -1.75. The van der Waals surface area contributed by atoms with Gasteiger partial charge in [-0.2, -0.15) is 0 Å². The Bertz CT molecular complexity index is 216. The van der Waals surface area contributed by atoms with E-state index in [2.05, 4.69) is 20.8 Å². The van der Waals surface area contributed by atoms with Gasteiger partial charge in [0.05, 0.1) is 15.3 Å². The maximum atomic E-state index is 8.25. The molecule has 0 bridgehead atoms. The maximum Gasteiger partial charge on any atom is 0.569 e. The van der Waals surface area contributed by atoms with Crippen LogP contribution in [0, 0.1) is 61.7 Å². The summed E-state index contributed by atoms with van der Waals surface area (Å²) in [4.78, 5) is 40.8. The van der Waals surface area contributed by atoms with Gasteiger partial charge in [-0.05, 0) is 5.92 Å². The highest BCUT2D eigenvalue weighted by atomic mass is 16.9. The summed E-state index contributed by atoms with van der Waals surface area (Å²) in [5.74, 6) is 0.833. The van der Waals surface area contributed by atoms with Crippen LogP contribution in [0.25, 0.3) is 0 Å². The van der Waals surface area contributed by atoms with Crippen LogP contribution in [0.15, 0.2) is 0 Å². The molecule has 0 unspecified atom stereocenters. The molecule has 0 spiro atoms. The molecule has 0 aromatic carbocycles. The molecule has 0 N–H and O–H groups in total. The Morgan fingerprint density at radius 3 is 0.684 bits per heavy atom. The second-order valence-corrected chi connectivity index (χ2v) is 2.48. The molecule has 0 aromatic rings. The molecule has 0 saturated carbocycles. The molecule has 15 heteroatoms. The zero-order valence-corrected chi connectivity index (χ0v) is 9.86. The Hall–Kier alpha value is -3.09. The van der Waals surface area contributed by atoms with Gasteiger partial charge < -0.3 is 46.0 Å². The van der Waals surface area contributed by atoms with Gasteiger partial charge in [0.15, 0.2) is 0 Å². The fourth-order valence-electron chi connectivity index (χ4n) is 0. The number of nitrogens with zero attached hydrogens (tertiary/aromatic N) is 4. The largest absolute Gasteiger partial charge is 0.569 e. The molecule has 0 heterocycles. The van der Waals surface area contributed by atoms with E-state index in [1.165, 1.54) is 0 Å². The van der Waals surface area contributed by atoms with Gasteiger partial charge in [0.2, 0.25) is 9.81 Å². The third-order valence-electron chi connectivity index (χ3n) is 0. The first-order chi connectivity index (χ1) is 8.34. The van der Waals surface area contributed by atoms with Gasteiger partial charge in [0.25, 0.3) is 0 Å². The van der Waals surface area contributed by atoms with Crippen LogP contribution in [0.4, 0.5) is 0 Å². The molecule has 0 aliphatic heterocycles. The van der Waals surface area contributed by atoms with Crippen molar-refractivity contribution in [2.75, 3.05) is 0 Å². The third-order valence-corrected chi connectivity index (χ3v) is 0. The van der Waals surface area contributed by atoms with E-state index in [1.807, 2.05) is 0 Å². The average Bonchev–Trinajstić information content (AvgIpc) is 1.97. The minimum absolute atomic E-state index is 0.833. The Morgan fingerprint density at radius 2 is 0.684 bits per heavy atom. The van der Waals surface area contributed by atoms with Gasteiger partial charge in [-0.25, -0.2) is 0 Å². The van der Waals surface area contributed by atoms with E-state index < -0.39 is 15.3 Å². The molecule has 0 amide bonds. The van der Waals surface area contributed by atoms with Crippen LogP contribution in [0.1, 0.15) is 20.8 Å². The van der Waals surface area contributed by atoms with Gasteiger partial charge >= 0.3 is 5.04 Å². The first kappa shape index (κ1) is 29.7. The summed E-state index contributed by atoms with van der Waals surface area (Å²) in [6, 6.07) is 0. The van der Waals surface area contributed by atoms with E-state index in [9.17, 15) is 0 Å². The first-order valence-electron chi connectivity index (χ1n) is 3.74. The van der Waals surface area contributed by atoms with Gasteiger partial charge in [0.1, 0.15) is 0 Å². The summed E-state index contributed by atoms with van der Waals surface area (Å²) in [5, 5.41) is 45.2. The lowest BCUT2D eigenvalue weighted by molar-refractivity contribution is -0.403. The molecule has 0 fully saturated rings. The summed E-state index contributed by atoms with van der Waals surface area (Å²) in [6.45, 7) is 6.50. The van der Waals surface area contributed by atoms with Crippen molar-refractivity contribution in [3.63, 3.8) is 0 Å². The number of hydrogen-bond acceptors (Lipinski definition) is 11. The number of rotatable bonds is 0. The van der Waals surface area contributed by atoms with Crippen LogP contribution in [0.3, 0.4) is 0 Å². The summed E-state index contributed by atoms with van der Waals surface area (Å²) >= 11 is 0. The molecule has 114 valence electrons. The first-order valence-corrected chi connectivity index (χ1v) is 3.74. The minimum Gasteiger partial charge on any atom is -0.356 e. The topological polar surface area (TPSA) is 247 Å². The lowest BCUT2D eigenvalue weighted by atomic mass is 10.3. The molecule has 0 aromatic heterocycles. The number of nitroso groups, excluding NO2 is 2. The van der Waals surface area contributed by atoms with E-state index in [1.54, 1.807) is 0 Å². The maximum absolute atomic E-state index is 8.25. The van der Waals surface area contributed by atoms with Crippen molar-refractivity contribution in [1.82, 2.24) is 5.04 Å². The summed E-state index contributed by atoms with van der Waals surface area (Å²) in [5.41, 5.74) is 0. The standard InChI is InChI=1S/C4H10.3NO3.NO2/c1-4(2)3;3*2-1(3)4;2-1-3/h4H,1-3H3;;;;/q;3*-1;+1. The second-order valence-electron chi connectivity index (χ2n) is 2.48. The van der Waals surface area contributed by atoms with E-state index in [0.29, 0.717) is 0 Å². The lowest BCUT2D eigenvalue weighted by Gasteiger charge is -1.79. The summed E-state index contributed by atoms with van der Waals surface area (Å²) < 4.78 is 0. The molecule has 0 atom stereocenters. The van der Waals surface area contributed by atoms with E-state index >= 15 is 0 Å². The zero-order valence-electron chi connectivity index (χ0n) is 9.86. The lowest BCUT2D eigenvalue weighted by Crippen LogP contribution is -1.74. The zero-order chi connectivity index (χ0) is 17.0. The van der Waals surface area contributed by atoms with Gasteiger partial charge in [-0.3, -0.25) is 0 Å². The summed E-state index contributed by atoms with van der Waals surface area (Å²) in [6.07, 6.45) is 0. The molecule has 0 rings (SSSR count). The SMILES string of the molecule is CC(C)C.O=[N+]([O-])[O-].O=[N+]([O-])[O-].O=[N+]([O-])[O-].O=[N+]=O. The third kappa shape index (κ3) is 260. The van der Waals surface area contributed by atoms with E-state index in [0.717, 1.165) is 11.0 Å². The Morgan fingerprint density at radius 1 is 0.684 bits per heavy atom. The van der Waals surface area contributed by atoms with Gasteiger partial charge in [-0.15, -0.1) is 0 Å². The second kappa shape index (κ2) is 29.4. The van der Waals surface area contributed by atoms with Crippen molar-refractivity contribution >= 4 is 0 Å². The van der Waals surface area contributed by atoms with Gasteiger partial charge in [0, 0.05) is 0 Å². The van der Waals surface area contributed by atoms with Crippen molar-refractivity contribution in [2.45, 2.75) is 20.8 Å². The molecular weight excluding hydrogens is 280 g/mol. The molecule has 15 nitrogen and oxygen atoms in total. The van der Waals surface area contributed by atoms with Crippen LogP contribution >= 0.6 is 0 Å². The van der Waals surface area contributed by atoms with E-state index in [4.69, 9.17) is 55.8 Å². The van der Waals surface area contributed by atoms with Crippen LogP contribution in [0.2, 0.25) is 0 Å². The highest BCUT2D eigenvalue weighted by Gasteiger charge is 1.68.